The third-order valence-corrected chi connectivity index (χ3v) is 7.49. The van der Waals surface area contributed by atoms with Crippen LogP contribution >= 0.6 is 136 Å². The minimum absolute atomic E-state index is 0. The largest absolute Gasteiger partial charge is 0.481 e. The number of carboxylic acid groups (broad SMARTS) is 1. The van der Waals surface area contributed by atoms with Crippen molar-refractivity contribution in [3.63, 3.8) is 0 Å². The molecule has 1 aromatic carbocycles. The van der Waals surface area contributed by atoms with Gasteiger partial charge in [0.25, 0.3) is 5.97 Å². The van der Waals surface area contributed by atoms with E-state index in [-0.39, 0.29) is 158 Å². The number of benzene rings is 1. The highest BCUT2D eigenvalue weighted by molar-refractivity contribution is 8.93. The molecule has 2 heterocycles. The Balaban J connectivity index is -0.000000122. The maximum Gasteiger partial charge on any atom is 0.300 e. The maximum absolute atomic E-state index is 9.00. The van der Waals surface area contributed by atoms with E-state index in [1.54, 1.807) is 0 Å². The molecule has 2 saturated heterocycles. The highest BCUT2D eigenvalue weighted by atomic mass is 79.9. The first-order chi connectivity index (χ1) is 20.6. The fourth-order valence-corrected chi connectivity index (χ4v) is 5.37. The van der Waals surface area contributed by atoms with E-state index in [0.29, 0.717) is 0 Å². The molecule has 0 unspecified atom stereocenters. The van der Waals surface area contributed by atoms with E-state index in [4.69, 9.17) is 9.90 Å². The molecule has 338 valence electrons. The van der Waals surface area contributed by atoms with E-state index in [9.17, 15) is 0 Å². The molecule has 54 heavy (non-hydrogen) atoms. The lowest BCUT2D eigenvalue weighted by molar-refractivity contribution is -0.134. The Bertz CT molecular complexity index is 742. The van der Waals surface area contributed by atoms with Crippen molar-refractivity contribution in [1.82, 2.24) is 41.7 Å². The van der Waals surface area contributed by atoms with Crippen LogP contribution in [-0.2, 0) is 17.9 Å². The smallest absolute Gasteiger partial charge is 0.300 e. The van der Waals surface area contributed by atoms with E-state index >= 15 is 0 Å². The topological polar surface area (TPSA) is 242 Å². The van der Waals surface area contributed by atoms with Crippen LogP contribution in [0.4, 0.5) is 0 Å². The molecule has 15 N–H and O–H groups in total. The van der Waals surface area contributed by atoms with Gasteiger partial charge in [-0.2, -0.15) is 0 Å². The molecule has 0 radical (unpaired) electrons. The van der Waals surface area contributed by atoms with Crippen molar-refractivity contribution in [3.8, 4) is 0 Å². The number of rotatable bonds is 4. The number of carboxylic acids is 1. The van der Waals surface area contributed by atoms with Crippen LogP contribution in [0.15, 0.2) is 24.3 Å². The molecule has 0 bridgehead atoms. The first-order valence-corrected chi connectivity index (χ1v) is 16.6. The normalized spacial score (nSPS) is 16.6. The lowest BCUT2D eigenvalue weighted by Gasteiger charge is -2.25. The summed E-state index contributed by atoms with van der Waals surface area (Å²) in [5.41, 5.74) is 2.92. The van der Waals surface area contributed by atoms with Crippen LogP contribution in [0, 0.1) is 0 Å². The predicted octanol–water partition coefficient (Wildman–Crippen LogP) is 2.61. The van der Waals surface area contributed by atoms with Gasteiger partial charge in [-0.3, -0.25) is 14.6 Å². The molecule has 0 atom stereocenters. The summed E-state index contributed by atoms with van der Waals surface area (Å²) in [4.78, 5) is 14.3. The summed E-state index contributed by atoms with van der Waals surface area (Å²) in [6, 6.07) is 9.40. The van der Waals surface area contributed by atoms with Crippen LogP contribution in [0.1, 0.15) is 56.6 Å². The number of hydrogen-bond acceptors (Lipinski definition) is 9. The Morgan fingerprint density at radius 3 is 0.963 bits per heavy atom. The Morgan fingerprint density at radius 1 is 0.481 bits per heavy atom. The van der Waals surface area contributed by atoms with Crippen molar-refractivity contribution < 1.29 is 31.8 Å². The van der Waals surface area contributed by atoms with E-state index in [0.717, 1.165) is 125 Å². The molecule has 22 heteroatoms. The molecule has 0 spiro atoms. The highest BCUT2D eigenvalue weighted by Crippen LogP contribution is 2.12. The Hall–Kier alpha value is 2.05. The summed E-state index contributed by atoms with van der Waals surface area (Å²) < 4.78 is 0. The molecular weight excluding hydrogens is 1230 g/mol. The van der Waals surface area contributed by atoms with Gasteiger partial charge in [0.15, 0.2) is 0 Å². The van der Waals surface area contributed by atoms with Gasteiger partial charge in [-0.1, -0.05) is 24.3 Å². The van der Waals surface area contributed by atoms with Crippen molar-refractivity contribution in [2.24, 2.45) is 0 Å². The molecule has 3 rings (SSSR count). The zero-order valence-electron chi connectivity index (χ0n) is 31.8. The molecule has 2 aliphatic heterocycles. The van der Waals surface area contributed by atoms with Crippen LogP contribution in [-0.4, -0.2) is 147 Å². The minimum Gasteiger partial charge on any atom is -0.481 e. The first-order valence-electron chi connectivity index (χ1n) is 16.6. The molecular formula is C32H78Br8N8O6. The highest BCUT2D eigenvalue weighted by Gasteiger charge is 2.10. The van der Waals surface area contributed by atoms with Gasteiger partial charge < -0.3 is 58.9 Å². The number of carbonyl (C=O) groups is 1. The second kappa shape index (κ2) is 61.7. The Morgan fingerprint density at radius 2 is 0.704 bits per heavy atom. The van der Waals surface area contributed by atoms with Gasteiger partial charge in [-0.05, 0) is 128 Å². The lowest BCUT2D eigenvalue weighted by atomic mass is 10.1. The van der Waals surface area contributed by atoms with Crippen LogP contribution in [0.5, 0.6) is 0 Å². The Labute approximate surface area is 410 Å². The molecule has 2 fully saturated rings. The number of hydrogen-bond donors (Lipinski definition) is 7. The number of nitrogens with zero attached hydrogens (tertiary/aromatic N) is 2. The molecule has 0 aliphatic carbocycles. The second-order valence-corrected chi connectivity index (χ2v) is 11.5. The molecule has 0 amide bonds. The lowest BCUT2D eigenvalue weighted by Crippen LogP contribution is -2.32. The molecule has 1 aromatic rings. The van der Waals surface area contributed by atoms with Gasteiger partial charge in [0.05, 0.1) is 0 Å². The van der Waals surface area contributed by atoms with Crippen molar-refractivity contribution in [2.75, 3.05) is 105 Å². The van der Waals surface area contributed by atoms with E-state index in [2.05, 4.69) is 66.0 Å². The van der Waals surface area contributed by atoms with Gasteiger partial charge in [0.2, 0.25) is 0 Å². The number of halogens is 8. The minimum atomic E-state index is -0.833. The van der Waals surface area contributed by atoms with Crippen molar-refractivity contribution in [2.45, 2.75) is 58.5 Å². The van der Waals surface area contributed by atoms with Crippen LogP contribution < -0.4 is 31.9 Å². The summed E-state index contributed by atoms with van der Waals surface area (Å²) in [7, 11) is 0. The summed E-state index contributed by atoms with van der Waals surface area (Å²) >= 11 is 0. The third-order valence-electron chi connectivity index (χ3n) is 7.49. The summed E-state index contributed by atoms with van der Waals surface area (Å²) in [5.74, 6) is -0.833. The summed E-state index contributed by atoms with van der Waals surface area (Å²) in [6.45, 7) is 21.0. The van der Waals surface area contributed by atoms with Crippen molar-refractivity contribution in [3.05, 3.63) is 35.4 Å². The Kier molecular flexibility index (Phi) is 95.6. The average Bonchev–Trinajstić information content (AvgIpc) is 2.98. The summed E-state index contributed by atoms with van der Waals surface area (Å²) in [6.07, 6.45) is 7.26. The van der Waals surface area contributed by atoms with Crippen molar-refractivity contribution >= 4 is 142 Å². The number of aliphatic carboxylic acids is 1. The standard InChI is InChI=1S/C30H58N8.C2H4O2.8BrH.4H2O/c1-8-29(27-37-22-4-14-31-10-2-12-33-18-20-35-16-6-24-37)26-30(9-1)28-38-23-5-15-32-11-3-13-34-19-21-36-17-7-25-38;1-2(3)4;;;;;;;;;;;;/h1,8-9,26,31-36H,2-7,10-25,27-28H2;1H3,(H,3,4);8*1H;4*1H2. The van der Waals surface area contributed by atoms with Crippen LogP contribution in [0.25, 0.3) is 0 Å². The zero-order chi connectivity index (χ0) is 29.9. The van der Waals surface area contributed by atoms with E-state index < -0.39 is 5.97 Å². The zero-order valence-corrected chi connectivity index (χ0v) is 45.5. The first kappa shape index (κ1) is 83.7. The second-order valence-electron chi connectivity index (χ2n) is 11.5. The maximum atomic E-state index is 9.00. The molecule has 14 nitrogen and oxygen atoms in total. The monoisotopic (exact) mass is 1300 g/mol. The van der Waals surface area contributed by atoms with Gasteiger partial charge in [0.1, 0.15) is 0 Å². The third kappa shape index (κ3) is 52.1. The van der Waals surface area contributed by atoms with E-state index in [1.165, 1.54) is 49.7 Å². The molecule has 0 aromatic heterocycles. The fourth-order valence-electron chi connectivity index (χ4n) is 5.37. The predicted molar refractivity (Wildman–Crippen MR) is 272 cm³/mol. The van der Waals surface area contributed by atoms with Crippen LogP contribution in [0.2, 0.25) is 0 Å². The van der Waals surface area contributed by atoms with Gasteiger partial charge in [0, 0.05) is 46.2 Å². The average molecular weight is 1310 g/mol. The van der Waals surface area contributed by atoms with Crippen LogP contribution in [0.3, 0.4) is 0 Å². The number of nitrogens with one attached hydrogen (secondary N) is 6. The van der Waals surface area contributed by atoms with Crippen molar-refractivity contribution in [1.29, 1.82) is 0 Å². The quantitative estimate of drug-likeness (QED) is 0.233. The van der Waals surface area contributed by atoms with E-state index in [1.807, 2.05) is 0 Å². The fraction of sp³-hybridized carbons (Fsp3) is 0.781. The SMILES string of the molecule is Br.Br.Br.Br.Br.Br.Br.Br.CC(=O)O.O.O.O.O.c1cc(CN2CCCNCCCNCCNCCC2)cc(CN2CCCNCCCNCCNCCC2)c1. The van der Waals surface area contributed by atoms with Gasteiger partial charge in [-0.25, -0.2) is 0 Å². The molecule has 0 saturated carbocycles. The van der Waals surface area contributed by atoms with Gasteiger partial charge in [-0.15, -0.1) is 136 Å². The summed E-state index contributed by atoms with van der Waals surface area (Å²) in [5, 5.41) is 28.9. The van der Waals surface area contributed by atoms with Gasteiger partial charge >= 0.3 is 0 Å². The molecule has 2 aliphatic rings.